The van der Waals surface area contributed by atoms with Crippen molar-refractivity contribution in [1.82, 2.24) is 5.32 Å². The first kappa shape index (κ1) is 30.3. The van der Waals surface area contributed by atoms with Crippen molar-refractivity contribution in [3.63, 3.8) is 0 Å². The summed E-state index contributed by atoms with van der Waals surface area (Å²) < 4.78 is 31.7. The number of unbranched alkanes of at least 4 members (excludes halogenated alkanes) is 1. The van der Waals surface area contributed by atoms with Crippen LogP contribution in [0.4, 0.5) is 4.39 Å². The van der Waals surface area contributed by atoms with E-state index in [1.54, 1.807) is 0 Å². The number of hydrogen-bond donors (Lipinski definition) is 1. The molecular formula is C35H36FNO5. The molecule has 4 aromatic carbocycles. The van der Waals surface area contributed by atoms with Gasteiger partial charge < -0.3 is 19.5 Å². The van der Waals surface area contributed by atoms with Crippen molar-refractivity contribution in [3.05, 3.63) is 119 Å². The zero-order valence-electron chi connectivity index (χ0n) is 24.2. The second-order valence-electron chi connectivity index (χ2n) is 10.0. The lowest BCUT2D eigenvalue weighted by Crippen LogP contribution is -2.20. The van der Waals surface area contributed by atoms with E-state index in [0.29, 0.717) is 31.1 Å². The van der Waals surface area contributed by atoms with Crippen LogP contribution in [-0.4, -0.2) is 25.5 Å². The standard InChI is InChI=1S/C35H36FNO5/c1-24-29(13-9-14-32(24)26-10-5-4-6-11-26)22-41-31-17-15-27(12-7-8-19-37-25(2)38)34(21-31)42-23-30-20-28(35(39)40-3)16-18-33(30)36/h4-6,9-11,13-18,20-21H,7-8,12,19,22-23H2,1-3H3,(H,37,38). The summed E-state index contributed by atoms with van der Waals surface area (Å²) in [4.78, 5) is 23.1. The SMILES string of the molecule is COC(=O)c1ccc(F)c(COc2cc(OCc3cccc(-c4ccccc4)c3C)ccc2CCCCNC(C)=O)c1. The highest BCUT2D eigenvalue weighted by Crippen LogP contribution is 2.30. The number of carbonyl (C=O) groups excluding carboxylic acids is 2. The van der Waals surface area contributed by atoms with E-state index in [9.17, 15) is 14.0 Å². The van der Waals surface area contributed by atoms with Gasteiger partial charge >= 0.3 is 5.97 Å². The van der Waals surface area contributed by atoms with Crippen LogP contribution in [-0.2, 0) is 29.2 Å². The van der Waals surface area contributed by atoms with Crippen molar-refractivity contribution in [2.75, 3.05) is 13.7 Å². The lowest BCUT2D eigenvalue weighted by molar-refractivity contribution is -0.118. The van der Waals surface area contributed by atoms with Gasteiger partial charge in [0.05, 0.1) is 12.7 Å². The molecule has 0 fully saturated rings. The molecule has 0 heterocycles. The fourth-order valence-electron chi connectivity index (χ4n) is 4.69. The maximum atomic E-state index is 14.6. The average Bonchev–Trinajstić information content (AvgIpc) is 3.00. The molecule has 4 aromatic rings. The molecule has 0 unspecified atom stereocenters. The summed E-state index contributed by atoms with van der Waals surface area (Å²) >= 11 is 0. The molecular weight excluding hydrogens is 533 g/mol. The third kappa shape index (κ3) is 8.19. The van der Waals surface area contributed by atoms with E-state index in [2.05, 4.69) is 36.5 Å². The molecule has 0 bridgehead atoms. The number of rotatable bonds is 13. The van der Waals surface area contributed by atoms with E-state index in [0.717, 1.165) is 40.7 Å². The van der Waals surface area contributed by atoms with Crippen molar-refractivity contribution in [1.29, 1.82) is 0 Å². The fraction of sp³-hybridized carbons (Fsp3) is 0.257. The first-order valence-electron chi connectivity index (χ1n) is 14.0. The Labute approximate surface area is 246 Å². The molecule has 4 rings (SSSR count). The monoisotopic (exact) mass is 569 g/mol. The number of esters is 1. The second-order valence-corrected chi connectivity index (χ2v) is 10.0. The second kappa shape index (κ2) is 14.8. The van der Waals surface area contributed by atoms with E-state index in [-0.39, 0.29) is 23.6 Å². The normalized spacial score (nSPS) is 10.7. The number of hydrogen-bond acceptors (Lipinski definition) is 5. The third-order valence-corrected chi connectivity index (χ3v) is 7.06. The smallest absolute Gasteiger partial charge is 0.337 e. The number of amides is 1. The molecule has 0 radical (unpaired) electrons. The Kier molecular flexibility index (Phi) is 10.7. The van der Waals surface area contributed by atoms with Gasteiger partial charge in [0.2, 0.25) is 5.91 Å². The maximum absolute atomic E-state index is 14.6. The van der Waals surface area contributed by atoms with Crippen molar-refractivity contribution >= 4 is 11.9 Å². The minimum Gasteiger partial charge on any atom is -0.489 e. The van der Waals surface area contributed by atoms with E-state index in [1.165, 1.54) is 32.2 Å². The molecule has 0 aliphatic rings. The van der Waals surface area contributed by atoms with Crippen LogP contribution in [0.2, 0.25) is 0 Å². The quantitative estimate of drug-likeness (QED) is 0.136. The van der Waals surface area contributed by atoms with Gasteiger partial charge in [0, 0.05) is 25.1 Å². The summed E-state index contributed by atoms with van der Waals surface area (Å²) in [6, 6.07) is 26.2. The molecule has 0 spiro atoms. The van der Waals surface area contributed by atoms with Crippen LogP contribution in [0, 0.1) is 12.7 Å². The van der Waals surface area contributed by atoms with Gasteiger partial charge in [0.25, 0.3) is 0 Å². The number of aryl methyl sites for hydroxylation is 1. The summed E-state index contributed by atoms with van der Waals surface area (Å²) in [5.74, 6) is 0.130. The van der Waals surface area contributed by atoms with Crippen LogP contribution in [0.1, 0.15) is 52.4 Å². The van der Waals surface area contributed by atoms with Crippen molar-refractivity contribution in [2.24, 2.45) is 0 Å². The van der Waals surface area contributed by atoms with Crippen LogP contribution in [0.3, 0.4) is 0 Å². The van der Waals surface area contributed by atoms with E-state index < -0.39 is 11.8 Å². The Morgan fingerprint density at radius 2 is 1.60 bits per heavy atom. The maximum Gasteiger partial charge on any atom is 0.337 e. The molecule has 1 N–H and O–H groups in total. The van der Waals surface area contributed by atoms with Gasteiger partial charge in [0.1, 0.15) is 30.5 Å². The Hall–Kier alpha value is -4.65. The van der Waals surface area contributed by atoms with Crippen molar-refractivity contribution in [3.8, 4) is 22.6 Å². The van der Waals surface area contributed by atoms with Gasteiger partial charge in [-0.25, -0.2) is 9.18 Å². The van der Waals surface area contributed by atoms with Crippen LogP contribution in [0.25, 0.3) is 11.1 Å². The first-order chi connectivity index (χ1) is 20.4. The summed E-state index contributed by atoms with van der Waals surface area (Å²) in [6.45, 7) is 4.49. The molecule has 0 saturated carbocycles. The van der Waals surface area contributed by atoms with Crippen LogP contribution in [0.5, 0.6) is 11.5 Å². The molecule has 42 heavy (non-hydrogen) atoms. The van der Waals surface area contributed by atoms with Gasteiger partial charge in [0.15, 0.2) is 0 Å². The van der Waals surface area contributed by atoms with Crippen LogP contribution in [0.15, 0.2) is 84.9 Å². The Bertz CT molecular complexity index is 1520. The number of carbonyl (C=O) groups is 2. The lowest BCUT2D eigenvalue weighted by atomic mass is 9.97. The molecule has 0 saturated heterocycles. The number of ether oxygens (including phenoxy) is 3. The zero-order valence-corrected chi connectivity index (χ0v) is 24.2. The molecule has 7 heteroatoms. The molecule has 0 aliphatic carbocycles. The highest BCUT2D eigenvalue weighted by atomic mass is 19.1. The molecule has 6 nitrogen and oxygen atoms in total. The minimum atomic E-state index is -0.543. The highest BCUT2D eigenvalue weighted by Gasteiger charge is 2.13. The zero-order chi connectivity index (χ0) is 29.9. The topological polar surface area (TPSA) is 73.9 Å². The summed E-state index contributed by atoms with van der Waals surface area (Å²) in [7, 11) is 1.28. The fourth-order valence-corrected chi connectivity index (χ4v) is 4.69. The molecule has 1 amide bonds. The predicted octanol–water partition coefficient (Wildman–Crippen LogP) is 7.20. The number of nitrogens with one attached hydrogen (secondary N) is 1. The Morgan fingerprint density at radius 1 is 0.810 bits per heavy atom. The molecule has 0 aliphatic heterocycles. The third-order valence-electron chi connectivity index (χ3n) is 7.06. The van der Waals surface area contributed by atoms with Gasteiger partial charge in [-0.15, -0.1) is 0 Å². The van der Waals surface area contributed by atoms with Crippen molar-refractivity contribution < 1.29 is 28.2 Å². The van der Waals surface area contributed by atoms with E-state index in [4.69, 9.17) is 14.2 Å². The number of halogens is 1. The average molecular weight is 570 g/mol. The first-order valence-corrected chi connectivity index (χ1v) is 14.0. The van der Waals surface area contributed by atoms with Crippen LogP contribution >= 0.6 is 0 Å². The van der Waals surface area contributed by atoms with Crippen molar-refractivity contribution in [2.45, 2.75) is 46.3 Å². The van der Waals surface area contributed by atoms with E-state index >= 15 is 0 Å². The predicted molar refractivity (Wildman–Crippen MR) is 161 cm³/mol. The molecule has 0 aromatic heterocycles. The van der Waals surface area contributed by atoms with E-state index in [1.807, 2.05) is 42.5 Å². The minimum absolute atomic E-state index is 0.0544. The summed E-state index contributed by atoms with van der Waals surface area (Å²) in [5, 5.41) is 2.81. The number of methoxy groups -OCH3 is 1. The molecule has 218 valence electrons. The Balaban J connectivity index is 1.51. The van der Waals surface area contributed by atoms with Gasteiger partial charge in [-0.3, -0.25) is 4.79 Å². The largest absolute Gasteiger partial charge is 0.489 e. The van der Waals surface area contributed by atoms with Gasteiger partial charge in [-0.2, -0.15) is 0 Å². The van der Waals surface area contributed by atoms with Gasteiger partial charge in [-0.05, 0) is 78.3 Å². The Morgan fingerprint density at radius 3 is 2.36 bits per heavy atom. The van der Waals surface area contributed by atoms with Gasteiger partial charge in [-0.1, -0.05) is 54.6 Å². The molecule has 0 atom stereocenters. The lowest BCUT2D eigenvalue weighted by Gasteiger charge is -2.16. The van der Waals surface area contributed by atoms with Crippen LogP contribution < -0.4 is 14.8 Å². The summed E-state index contributed by atoms with van der Waals surface area (Å²) in [6.07, 6.45) is 2.34. The summed E-state index contributed by atoms with van der Waals surface area (Å²) in [5.41, 5.74) is 5.97. The number of benzene rings is 4. The highest BCUT2D eigenvalue weighted by molar-refractivity contribution is 5.89.